The molecule has 1 aliphatic heterocycles. The van der Waals surface area contributed by atoms with Crippen molar-refractivity contribution >= 4 is 23.2 Å². The number of benzene rings is 1. The van der Waals surface area contributed by atoms with Gasteiger partial charge in [-0.25, -0.2) is 0 Å². The Labute approximate surface area is 143 Å². The molecule has 0 aromatic heterocycles. The van der Waals surface area contributed by atoms with Gasteiger partial charge in [-0.3, -0.25) is 9.69 Å². The Kier molecular flexibility index (Phi) is 6.84. The van der Waals surface area contributed by atoms with E-state index in [1.165, 1.54) is 0 Å². The number of amides is 1. The van der Waals surface area contributed by atoms with Crippen LogP contribution < -0.4 is 5.32 Å². The monoisotopic (exact) mass is 339 g/mol. The Morgan fingerprint density at radius 3 is 2.91 bits per heavy atom. The van der Waals surface area contributed by atoms with Crippen molar-refractivity contribution < 1.29 is 9.90 Å². The summed E-state index contributed by atoms with van der Waals surface area (Å²) in [7, 11) is 2.09. The smallest absolute Gasteiger partial charge is 0.225 e. The predicted molar refractivity (Wildman–Crippen MR) is 94.0 cm³/mol. The molecule has 0 bridgehead atoms. The van der Waals surface area contributed by atoms with E-state index in [-0.39, 0.29) is 12.5 Å². The lowest BCUT2D eigenvalue weighted by molar-refractivity contribution is -0.116. The highest BCUT2D eigenvalue weighted by molar-refractivity contribution is 6.31. The third kappa shape index (κ3) is 5.46. The van der Waals surface area contributed by atoms with E-state index < -0.39 is 0 Å². The standard InChI is InChI=1S/C17H26ClN3O2/c1-13-3-4-14(11-16(13)18)19-17(23)5-7-21-9-8-20(2)15(12-21)6-10-22/h3-4,11,15,22H,5-10,12H2,1-2H3,(H,19,23)/t15-/m0/s1. The molecule has 5 nitrogen and oxygen atoms in total. The molecule has 1 aromatic rings. The van der Waals surface area contributed by atoms with Gasteiger partial charge in [0.15, 0.2) is 0 Å². The minimum Gasteiger partial charge on any atom is -0.396 e. The van der Waals surface area contributed by atoms with E-state index in [2.05, 4.69) is 22.2 Å². The number of nitrogens with one attached hydrogen (secondary N) is 1. The van der Waals surface area contributed by atoms with Crippen molar-refractivity contribution in [1.29, 1.82) is 0 Å². The first-order valence-corrected chi connectivity index (χ1v) is 8.47. The molecular formula is C17H26ClN3O2. The molecule has 0 saturated carbocycles. The molecule has 1 aromatic carbocycles. The van der Waals surface area contributed by atoms with E-state index in [4.69, 9.17) is 16.7 Å². The number of carbonyl (C=O) groups excluding carboxylic acids is 1. The van der Waals surface area contributed by atoms with Gasteiger partial charge in [-0.15, -0.1) is 0 Å². The minimum atomic E-state index is 0.00237. The Balaban J connectivity index is 1.78. The first-order valence-electron chi connectivity index (χ1n) is 8.09. The van der Waals surface area contributed by atoms with Gasteiger partial charge in [-0.1, -0.05) is 17.7 Å². The molecule has 2 rings (SSSR count). The second-order valence-electron chi connectivity index (χ2n) is 6.21. The normalized spacial score (nSPS) is 19.7. The summed E-state index contributed by atoms with van der Waals surface area (Å²) in [5, 5.41) is 12.7. The highest BCUT2D eigenvalue weighted by atomic mass is 35.5. The van der Waals surface area contributed by atoms with Gasteiger partial charge in [0.05, 0.1) is 0 Å². The summed E-state index contributed by atoms with van der Waals surface area (Å²) in [5.74, 6) is 0.00237. The summed E-state index contributed by atoms with van der Waals surface area (Å²) < 4.78 is 0. The van der Waals surface area contributed by atoms with Crippen LogP contribution in [0.1, 0.15) is 18.4 Å². The number of aryl methyl sites for hydroxylation is 1. The zero-order valence-electron chi connectivity index (χ0n) is 13.9. The number of anilines is 1. The second kappa shape index (κ2) is 8.64. The van der Waals surface area contributed by atoms with Crippen LogP contribution in [0.2, 0.25) is 5.02 Å². The number of carbonyl (C=O) groups is 1. The van der Waals surface area contributed by atoms with Crippen LogP contribution in [0.5, 0.6) is 0 Å². The molecule has 0 unspecified atom stereocenters. The molecular weight excluding hydrogens is 314 g/mol. The van der Waals surface area contributed by atoms with Gasteiger partial charge in [0, 0.05) is 56.0 Å². The van der Waals surface area contributed by atoms with Crippen LogP contribution in [0.4, 0.5) is 5.69 Å². The molecule has 1 atom stereocenters. The lowest BCUT2D eigenvalue weighted by Crippen LogP contribution is -2.52. The third-order valence-electron chi connectivity index (χ3n) is 4.43. The average Bonchev–Trinajstić information content (AvgIpc) is 2.52. The van der Waals surface area contributed by atoms with Crippen molar-refractivity contribution in [3.8, 4) is 0 Å². The molecule has 2 N–H and O–H groups in total. The predicted octanol–water partition coefficient (Wildman–Crippen LogP) is 1.98. The lowest BCUT2D eigenvalue weighted by atomic mass is 10.1. The van der Waals surface area contributed by atoms with Crippen molar-refractivity contribution in [2.24, 2.45) is 0 Å². The Morgan fingerprint density at radius 2 is 2.22 bits per heavy atom. The van der Waals surface area contributed by atoms with Crippen LogP contribution in [0.25, 0.3) is 0 Å². The Hall–Kier alpha value is -1.14. The molecule has 1 fully saturated rings. The minimum absolute atomic E-state index is 0.00237. The molecule has 1 saturated heterocycles. The number of hydrogen-bond acceptors (Lipinski definition) is 4. The maximum atomic E-state index is 12.1. The average molecular weight is 340 g/mol. The van der Waals surface area contributed by atoms with Crippen molar-refractivity contribution in [2.75, 3.05) is 45.2 Å². The van der Waals surface area contributed by atoms with Gasteiger partial charge in [-0.05, 0) is 38.1 Å². The first kappa shape index (κ1) is 18.2. The number of likely N-dealkylation sites (N-methyl/N-ethyl adjacent to an activating group) is 1. The van der Waals surface area contributed by atoms with Crippen LogP contribution in [-0.4, -0.2) is 66.7 Å². The third-order valence-corrected chi connectivity index (χ3v) is 4.84. The van der Waals surface area contributed by atoms with Gasteiger partial charge >= 0.3 is 0 Å². The molecule has 1 aliphatic rings. The van der Waals surface area contributed by atoms with Crippen LogP contribution in [0.3, 0.4) is 0 Å². The summed E-state index contributed by atoms with van der Waals surface area (Å²) in [5.41, 5.74) is 1.74. The molecule has 128 valence electrons. The fraction of sp³-hybridized carbons (Fsp3) is 0.588. The van der Waals surface area contributed by atoms with Gasteiger partial charge in [-0.2, -0.15) is 0 Å². The van der Waals surface area contributed by atoms with Crippen LogP contribution in [0.15, 0.2) is 18.2 Å². The van der Waals surface area contributed by atoms with Gasteiger partial charge < -0.3 is 15.3 Å². The number of halogens is 1. The van der Waals surface area contributed by atoms with Crippen molar-refractivity contribution in [3.63, 3.8) is 0 Å². The maximum Gasteiger partial charge on any atom is 0.225 e. The summed E-state index contributed by atoms with van der Waals surface area (Å²) in [6.45, 7) is 5.71. The number of nitrogens with zero attached hydrogens (tertiary/aromatic N) is 2. The summed E-state index contributed by atoms with van der Waals surface area (Å²) >= 11 is 6.07. The van der Waals surface area contributed by atoms with Crippen LogP contribution in [0, 0.1) is 6.92 Å². The first-order chi connectivity index (χ1) is 11.0. The zero-order chi connectivity index (χ0) is 16.8. The van der Waals surface area contributed by atoms with Crippen molar-refractivity contribution in [3.05, 3.63) is 28.8 Å². The van der Waals surface area contributed by atoms with E-state index >= 15 is 0 Å². The van der Waals surface area contributed by atoms with Gasteiger partial charge in [0.2, 0.25) is 5.91 Å². The number of hydrogen-bond donors (Lipinski definition) is 2. The molecule has 1 amide bonds. The van der Waals surface area contributed by atoms with Crippen LogP contribution >= 0.6 is 11.6 Å². The maximum absolute atomic E-state index is 12.1. The Morgan fingerprint density at radius 1 is 1.43 bits per heavy atom. The topological polar surface area (TPSA) is 55.8 Å². The summed E-state index contributed by atoms with van der Waals surface area (Å²) in [6, 6.07) is 5.92. The SMILES string of the molecule is Cc1ccc(NC(=O)CCN2CCN(C)[C@@H](CCO)C2)cc1Cl. The van der Waals surface area contributed by atoms with Gasteiger partial charge in [0.25, 0.3) is 0 Å². The van der Waals surface area contributed by atoms with E-state index in [0.717, 1.165) is 43.9 Å². The fourth-order valence-electron chi connectivity index (χ4n) is 2.83. The Bertz CT molecular complexity index is 539. The molecule has 0 radical (unpaired) electrons. The highest BCUT2D eigenvalue weighted by Gasteiger charge is 2.23. The number of aliphatic hydroxyl groups excluding tert-OH is 1. The zero-order valence-corrected chi connectivity index (χ0v) is 14.6. The van der Waals surface area contributed by atoms with Crippen LogP contribution in [-0.2, 0) is 4.79 Å². The van der Waals surface area contributed by atoms with Crippen molar-refractivity contribution in [1.82, 2.24) is 9.80 Å². The highest BCUT2D eigenvalue weighted by Crippen LogP contribution is 2.20. The van der Waals surface area contributed by atoms with E-state index in [0.29, 0.717) is 17.5 Å². The number of rotatable bonds is 6. The molecule has 0 aliphatic carbocycles. The largest absolute Gasteiger partial charge is 0.396 e. The molecule has 6 heteroatoms. The molecule has 23 heavy (non-hydrogen) atoms. The quantitative estimate of drug-likeness (QED) is 0.832. The molecule has 1 heterocycles. The number of aliphatic hydroxyl groups is 1. The summed E-state index contributed by atoms with van der Waals surface area (Å²) in [4.78, 5) is 16.7. The van der Waals surface area contributed by atoms with Crippen molar-refractivity contribution in [2.45, 2.75) is 25.8 Å². The number of piperazine rings is 1. The van der Waals surface area contributed by atoms with E-state index in [9.17, 15) is 4.79 Å². The van der Waals surface area contributed by atoms with E-state index in [1.54, 1.807) is 6.07 Å². The van der Waals surface area contributed by atoms with E-state index in [1.807, 2.05) is 19.1 Å². The summed E-state index contributed by atoms with van der Waals surface area (Å²) in [6.07, 6.45) is 1.24. The second-order valence-corrected chi connectivity index (χ2v) is 6.62. The lowest BCUT2D eigenvalue weighted by Gasteiger charge is -2.39. The fourth-order valence-corrected chi connectivity index (χ4v) is 3.01. The van der Waals surface area contributed by atoms with Gasteiger partial charge in [0.1, 0.15) is 0 Å². The molecule has 0 spiro atoms.